The molecule has 2 N–H and O–H groups in total. The molecule has 0 unspecified atom stereocenters. The van der Waals surface area contributed by atoms with Crippen LogP contribution in [0.1, 0.15) is 30.6 Å². The predicted molar refractivity (Wildman–Crippen MR) is 80.5 cm³/mol. The van der Waals surface area contributed by atoms with Crippen LogP contribution < -0.4 is 10.1 Å². The van der Waals surface area contributed by atoms with Crippen molar-refractivity contribution in [3.05, 3.63) is 53.6 Å². The number of amides is 1. The molecule has 0 fully saturated rings. The molecule has 0 saturated carbocycles. The number of aliphatic hydroxyl groups excluding tert-OH is 1. The Balaban J connectivity index is 1.77. The number of hydrogen-bond donors (Lipinski definition) is 2. The zero-order valence-electron chi connectivity index (χ0n) is 11.8. The van der Waals surface area contributed by atoms with Gasteiger partial charge in [-0.15, -0.1) is 0 Å². The van der Waals surface area contributed by atoms with Gasteiger partial charge in [-0.3, -0.25) is 4.79 Å². The number of carbonyl (C=O) groups excluding carboxylic acids is 1. The summed E-state index contributed by atoms with van der Waals surface area (Å²) in [7, 11) is 0. The summed E-state index contributed by atoms with van der Waals surface area (Å²) in [6, 6.07) is 13.0. The van der Waals surface area contributed by atoms with Crippen LogP contribution in [0.15, 0.2) is 42.5 Å². The zero-order chi connectivity index (χ0) is 14.8. The number of fused-ring (bicyclic) bond motifs is 1. The van der Waals surface area contributed by atoms with Crippen LogP contribution in [0.4, 0.5) is 5.69 Å². The molecule has 0 radical (unpaired) electrons. The molecule has 0 aromatic heterocycles. The third-order valence-corrected chi connectivity index (χ3v) is 3.57. The van der Waals surface area contributed by atoms with E-state index in [0.717, 1.165) is 34.7 Å². The molecule has 0 saturated heterocycles. The van der Waals surface area contributed by atoms with Gasteiger partial charge < -0.3 is 15.2 Å². The number of benzene rings is 2. The Kier molecular flexibility index (Phi) is 3.62. The lowest BCUT2D eigenvalue weighted by molar-refractivity contribution is -0.116. The highest BCUT2D eigenvalue weighted by molar-refractivity contribution is 5.94. The van der Waals surface area contributed by atoms with E-state index in [1.807, 2.05) is 42.5 Å². The Hall–Kier alpha value is -2.33. The summed E-state index contributed by atoms with van der Waals surface area (Å²) >= 11 is 0. The van der Waals surface area contributed by atoms with E-state index in [-0.39, 0.29) is 5.91 Å². The number of aryl methyl sites for hydroxylation is 1. The fraction of sp³-hybridized carbons (Fsp3) is 0.235. The van der Waals surface area contributed by atoms with Gasteiger partial charge >= 0.3 is 0 Å². The molecule has 1 aliphatic rings. The quantitative estimate of drug-likeness (QED) is 0.907. The van der Waals surface area contributed by atoms with Crippen LogP contribution in [0, 0.1) is 0 Å². The predicted octanol–water partition coefficient (Wildman–Crippen LogP) is 3.42. The molecule has 1 heterocycles. The molecule has 0 aliphatic carbocycles. The fourth-order valence-electron chi connectivity index (χ4n) is 2.37. The van der Waals surface area contributed by atoms with Crippen LogP contribution in [0.2, 0.25) is 0 Å². The molecule has 3 rings (SSSR count). The van der Waals surface area contributed by atoms with Gasteiger partial charge in [-0.05, 0) is 54.8 Å². The second kappa shape index (κ2) is 5.58. The summed E-state index contributed by atoms with van der Waals surface area (Å²) < 4.78 is 5.81. The van der Waals surface area contributed by atoms with E-state index >= 15 is 0 Å². The van der Waals surface area contributed by atoms with Crippen molar-refractivity contribution in [2.75, 3.05) is 5.32 Å². The van der Waals surface area contributed by atoms with Gasteiger partial charge in [-0.1, -0.05) is 12.1 Å². The monoisotopic (exact) mass is 283 g/mol. The van der Waals surface area contributed by atoms with Crippen molar-refractivity contribution in [1.82, 2.24) is 0 Å². The normalized spacial score (nSPS) is 15.0. The summed E-state index contributed by atoms with van der Waals surface area (Å²) in [5, 5.41) is 12.3. The Morgan fingerprint density at radius 3 is 2.52 bits per heavy atom. The lowest BCUT2D eigenvalue weighted by atomic mass is 10.0. The maximum Gasteiger partial charge on any atom is 0.224 e. The van der Waals surface area contributed by atoms with Gasteiger partial charge in [0.25, 0.3) is 0 Å². The molecule has 108 valence electrons. The van der Waals surface area contributed by atoms with Gasteiger partial charge in [0.15, 0.2) is 0 Å². The first-order valence-electron chi connectivity index (χ1n) is 7.00. The molecule has 2 aromatic rings. The van der Waals surface area contributed by atoms with Gasteiger partial charge in [-0.2, -0.15) is 0 Å². The SMILES string of the molecule is C[C@H](O)c1ccc(Oc2ccc3c(c2)CCC(=O)N3)cc1. The van der Waals surface area contributed by atoms with Crippen molar-refractivity contribution >= 4 is 11.6 Å². The van der Waals surface area contributed by atoms with E-state index in [2.05, 4.69) is 5.32 Å². The Labute approximate surface area is 123 Å². The van der Waals surface area contributed by atoms with Crippen LogP contribution >= 0.6 is 0 Å². The summed E-state index contributed by atoms with van der Waals surface area (Å²) in [5.41, 5.74) is 2.81. The fourth-order valence-corrected chi connectivity index (χ4v) is 2.37. The second-order valence-electron chi connectivity index (χ2n) is 5.21. The number of hydrogen-bond acceptors (Lipinski definition) is 3. The third-order valence-electron chi connectivity index (χ3n) is 3.57. The molecule has 4 nitrogen and oxygen atoms in total. The smallest absolute Gasteiger partial charge is 0.224 e. The van der Waals surface area contributed by atoms with Crippen LogP contribution in [-0.4, -0.2) is 11.0 Å². The average molecular weight is 283 g/mol. The molecule has 1 atom stereocenters. The van der Waals surface area contributed by atoms with Crippen LogP contribution in [-0.2, 0) is 11.2 Å². The Morgan fingerprint density at radius 2 is 1.81 bits per heavy atom. The van der Waals surface area contributed by atoms with E-state index in [0.29, 0.717) is 6.42 Å². The van der Waals surface area contributed by atoms with Crippen molar-refractivity contribution in [3.8, 4) is 11.5 Å². The molecule has 4 heteroatoms. The van der Waals surface area contributed by atoms with Gasteiger partial charge in [0.2, 0.25) is 5.91 Å². The largest absolute Gasteiger partial charge is 0.457 e. The molecule has 0 bridgehead atoms. The van der Waals surface area contributed by atoms with Crippen molar-refractivity contribution in [2.24, 2.45) is 0 Å². The maximum absolute atomic E-state index is 11.3. The summed E-state index contributed by atoms with van der Waals surface area (Å²) in [6.07, 6.45) is 0.769. The summed E-state index contributed by atoms with van der Waals surface area (Å²) in [6.45, 7) is 1.73. The number of carbonyl (C=O) groups is 1. The van der Waals surface area contributed by atoms with E-state index in [9.17, 15) is 9.90 Å². The molecular weight excluding hydrogens is 266 g/mol. The number of anilines is 1. The molecule has 2 aromatic carbocycles. The second-order valence-corrected chi connectivity index (χ2v) is 5.21. The standard InChI is InChI=1S/C17H17NO3/c1-11(19)12-2-5-14(6-3-12)21-15-7-8-16-13(10-15)4-9-17(20)18-16/h2-3,5-8,10-11,19H,4,9H2,1H3,(H,18,20)/t11-/m0/s1. The Morgan fingerprint density at radius 1 is 1.10 bits per heavy atom. The first-order valence-corrected chi connectivity index (χ1v) is 7.00. The highest BCUT2D eigenvalue weighted by atomic mass is 16.5. The molecule has 1 amide bonds. The van der Waals surface area contributed by atoms with E-state index in [4.69, 9.17) is 4.74 Å². The first-order chi connectivity index (χ1) is 10.1. The average Bonchev–Trinajstić information content (AvgIpc) is 2.48. The molecule has 21 heavy (non-hydrogen) atoms. The number of ether oxygens (including phenoxy) is 1. The highest BCUT2D eigenvalue weighted by Gasteiger charge is 2.15. The van der Waals surface area contributed by atoms with E-state index in [1.165, 1.54) is 0 Å². The van der Waals surface area contributed by atoms with Gasteiger partial charge in [0.1, 0.15) is 11.5 Å². The van der Waals surface area contributed by atoms with E-state index in [1.54, 1.807) is 6.92 Å². The molecule has 1 aliphatic heterocycles. The highest BCUT2D eigenvalue weighted by Crippen LogP contribution is 2.30. The first kappa shape index (κ1) is 13.6. The maximum atomic E-state index is 11.3. The number of aliphatic hydroxyl groups is 1. The van der Waals surface area contributed by atoms with Crippen LogP contribution in [0.5, 0.6) is 11.5 Å². The van der Waals surface area contributed by atoms with Crippen molar-refractivity contribution in [3.63, 3.8) is 0 Å². The van der Waals surface area contributed by atoms with Gasteiger partial charge in [0, 0.05) is 12.1 Å². The van der Waals surface area contributed by atoms with Crippen molar-refractivity contribution in [1.29, 1.82) is 0 Å². The van der Waals surface area contributed by atoms with Crippen LogP contribution in [0.25, 0.3) is 0 Å². The van der Waals surface area contributed by atoms with Crippen molar-refractivity contribution in [2.45, 2.75) is 25.9 Å². The van der Waals surface area contributed by atoms with Gasteiger partial charge in [0.05, 0.1) is 6.10 Å². The topological polar surface area (TPSA) is 58.6 Å². The lowest BCUT2D eigenvalue weighted by Gasteiger charge is -2.17. The van der Waals surface area contributed by atoms with Gasteiger partial charge in [-0.25, -0.2) is 0 Å². The minimum atomic E-state index is -0.480. The molecular formula is C17H17NO3. The summed E-state index contributed by atoms with van der Waals surface area (Å²) in [5.74, 6) is 1.53. The lowest BCUT2D eigenvalue weighted by Crippen LogP contribution is -2.18. The zero-order valence-corrected chi connectivity index (χ0v) is 11.8. The van der Waals surface area contributed by atoms with E-state index < -0.39 is 6.10 Å². The number of rotatable bonds is 3. The summed E-state index contributed by atoms with van der Waals surface area (Å²) in [4.78, 5) is 11.3. The minimum Gasteiger partial charge on any atom is -0.457 e. The molecule has 0 spiro atoms. The number of nitrogens with one attached hydrogen (secondary N) is 1. The Bertz CT molecular complexity index is 662. The van der Waals surface area contributed by atoms with Crippen LogP contribution in [0.3, 0.4) is 0 Å². The third kappa shape index (κ3) is 3.06. The minimum absolute atomic E-state index is 0.0601. The van der Waals surface area contributed by atoms with Crippen molar-refractivity contribution < 1.29 is 14.6 Å².